The first-order chi connectivity index (χ1) is 9.08. The Hall–Kier alpha value is -0.800. The molecule has 0 bridgehead atoms. The van der Waals surface area contributed by atoms with Crippen LogP contribution >= 0.6 is 23.2 Å². The molecule has 0 aromatic heterocycles. The van der Waals surface area contributed by atoms with Crippen molar-refractivity contribution < 1.29 is 9.18 Å². The Labute approximate surface area is 122 Å². The van der Waals surface area contributed by atoms with Crippen molar-refractivity contribution in [3.63, 3.8) is 0 Å². The number of alkyl halides is 1. The van der Waals surface area contributed by atoms with Gasteiger partial charge in [0.15, 0.2) is 0 Å². The molecule has 2 rings (SSSR count). The fourth-order valence-electron chi connectivity index (χ4n) is 2.34. The van der Waals surface area contributed by atoms with Crippen LogP contribution in [-0.2, 0) is 0 Å². The number of benzene rings is 1. The van der Waals surface area contributed by atoms with Gasteiger partial charge in [-0.25, -0.2) is 4.39 Å². The summed E-state index contributed by atoms with van der Waals surface area (Å²) >= 11 is 11.8. The highest BCUT2D eigenvalue weighted by Crippen LogP contribution is 2.27. The lowest BCUT2D eigenvalue weighted by Gasteiger charge is -2.25. The fourth-order valence-corrected chi connectivity index (χ4v) is 2.80. The van der Waals surface area contributed by atoms with E-state index in [0.717, 1.165) is 25.7 Å². The van der Waals surface area contributed by atoms with Crippen LogP contribution < -0.4 is 5.32 Å². The zero-order chi connectivity index (χ0) is 13.8. The van der Waals surface area contributed by atoms with E-state index >= 15 is 0 Å². The SMILES string of the molecule is O=C(NCC1CCC(Cl)CC1)c1cccc(F)c1Cl. The number of carbonyl (C=O) groups is 1. The van der Waals surface area contributed by atoms with Crippen molar-refractivity contribution in [3.05, 3.63) is 34.6 Å². The molecule has 104 valence electrons. The molecule has 2 nitrogen and oxygen atoms in total. The van der Waals surface area contributed by atoms with E-state index in [9.17, 15) is 9.18 Å². The molecule has 1 aromatic rings. The minimum Gasteiger partial charge on any atom is -0.352 e. The number of amides is 1. The standard InChI is InChI=1S/C14H16Cl2FNO/c15-10-6-4-9(5-7-10)8-18-14(19)11-2-1-3-12(17)13(11)16/h1-3,9-10H,4-8H2,(H,18,19). The Balaban J connectivity index is 1.89. The number of halogens is 3. The lowest BCUT2D eigenvalue weighted by molar-refractivity contribution is 0.0943. The maximum atomic E-state index is 13.3. The monoisotopic (exact) mass is 303 g/mol. The van der Waals surface area contributed by atoms with Crippen LogP contribution in [0.1, 0.15) is 36.0 Å². The van der Waals surface area contributed by atoms with Crippen molar-refractivity contribution in [1.29, 1.82) is 0 Å². The van der Waals surface area contributed by atoms with Gasteiger partial charge in [0, 0.05) is 11.9 Å². The first-order valence-corrected chi connectivity index (χ1v) is 7.25. The molecule has 5 heteroatoms. The Morgan fingerprint density at radius 3 is 2.68 bits per heavy atom. The van der Waals surface area contributed by atoms with E-state index in [-0.39, 0.29) is 21.9 Å². The second kappa shape index (κ2) is 6.58. The molecule has 0 atom stereocenters. The molecule has 1 aromatic carbocycles. The lowest BCUT2D eigenvalue weighted by Crippen LogP contribution is -2.31. The van der Waals surface area contributed by atoms with Gasteiger partial charge in [0.1, 0.15) is 5.82 Å². The lowest BCUT2D eigenvalue weighted by atomic mass is 9.89. The molecule has 1 saturated carbocycles. The Morgan fingerprint density at radius 1 is 1.32 bits per heavy atom. The molecule has 0 heterocycles. The Kier molecular flexibility index (Phi) is 5.06. The van der Waals surface area contributed by atoms with Gasteiger partial charge in [-0.1, -0.05) is 17.7 Å². The maximum absolute atomic E-state index is 13.3. The second-order valence-corrected chi connectivity index (χ2v) is 5.92. The third-order valence-corrected chi connectivity index (χ3v) is 4.34. The summed E-state index contributed by atoms with van der Waals surface area (Å²) in [5.74, 6) is -0.444. The van der Waals surface area contributed by atoms with Gasteiger partial charge < -0.3 is 5.32 Å². The van der Waals surface area contributed by atoms with E-state index in [1.165, 1.54) is 18.2 Å². The van der Waals surface area contributed by atoms with Gasteiger partial charge in [-0.3, -0.25) is 4.79 Å². The summed E-state index contributed by atoms with van der Waals surface area (Å²) in [6, 6.07) is 4.24. The van der Waals surface area contributed by atoms with Gasteiger partial charge in [0.05, 0.1) is 10.6 Å². The van der Waals surface area contributed by atoms with Crippen LogP contribution in [0.5, 0.6) is 0 Å². The smallest absolute Gasteiger partial charge is 0.252 e. The van der Waals surface area contributed by atoms with Crippen molar-refractivity contribution in [2.24, 2.45) is 5.92 Å². The van der Waals surface area contributed by atoms with E-state index in [1.807, 2.05) is 0 Å². The fraction of sp³-hybridized carbons (Fsp3) is 0.500. The van der Waals surface area contributed by atoms with Crippen LogP contribution in [0.4, 0.5) is 4.39 Å². The summed E-state index contributed by atoms with van der Waals surface area (Å²) in [4.78, 5) is 11.9. The first kappa shape index (κ1) is 14.6. The highest BCUT2D eigenvalue weighted by atomic mass is 35.5. The number of hydrogen-bond donors (Lipinski definition) is 1. The molecule has 1 amide bonds. The maximum Gasteiger partial charge on any atom is 0.252 e. The molecular weight excluding hydrogens is 288 g/mol. The largest absolute Gasteiger partial charge is 0.352 e. The highest BCUT2D eigenvalue weighted by molar-refractivity contribution is 6.34. The molecule has 0 radical (unpaired) electrons. The average molecular weight is 304 g/mol. The third-order valence-electron chi connectivity index (χ3n) is 3.52. The second-order valence-electron chi connectivity index (χ2n) is 4.93. The van der Waals surface area contributed by atoms with Crippen LogP contribution in [0.3, 0.4) is 0 Å². The quantitative estimate of drug-likeness (QED) is 0.840. The predicted octanol–water partition coefficient (Wildman–Crippen LogP) is 4.01. The molecule has 0 saturated heterocycles. The van der Waals surface area contributed by atoms with Crippen molar-refractivity contribution in [3.8, 4) is 0 Å². The van der Waals surface area contributed by atoms with Crippen molar-refractivity contribution in [1.82, 2.24) is 5.32 Å². The Bertz CT molecular complexity index is 459. The summed E-state index contributed by atoms with van der Waals surface area (Å²) in [5.41, 5.74) is 0.188. The topological polar surface area (TPSA) is 29.1 Å². The summed E-state index contributed by atoms with van der Waals surface area (Å²) in [5, 5.41) is 2.97. The van der Waals surface area contributed by atoms with E-state index in [0.29, 0.717) is 12.5 Å². The number of rotatable bonds is 3. The van der Waals surface area contributed by atoms with E-state index in [2.05, 4.69) is 5.32 Å². The minimum absolute atomic E-state index is 0.121. The van der Waals surface area contributed by atoms with Crippen molar-refractivity contribution >= 4 is 29.1 Å². The molecule has 1 aliphatic carbocycles. The molecule has 0 unspecified atom stereocenters. The molecule has 1 N–H and O–H groups in total. The number of nitrogens with one attached hydrogen (secondary N) is 1. The summed E-state index contributed by atoms with van der Waals surface area (Å²) in [7, 11) is 0. The predicted molar refractivity (Wildman–Crippen MR) is 75.3 cm³/mol. The van der Waals surface area contributed by atoms with Crippen molar-refractivity contribution in [2.45, 2.75) is 31.1 Å². The minimum atomic E-state index is -0.572. The third kappa shape index (κ3) is 3.83. The van der Waals surface area contributed by atoms with Gasteiger partial charge >= 0.3 is 0 Å². The average Bonchev–Trinajstić information content (AvgIpc) is 2.41. The Morgan fingerprint density at radius 2 is 2.00 bits per heavy atom. The van der Waals surface area contributed by atoms with Crippen molar-refractivity contribution in [2.75, 3.05) is 6.54 Å². The van der Waals surface area contributed by atoms with Crippen LogP contribution in [0.25, 0.3) is 0 Å². The highest BCUT2D eigenvalue weighted by Gasteiger charge is 2.20. The van der Waals surface area contributed by atoms with Gasteiger partial charge in [-0.15, -0.1) is 11.6 Å². The molecular formula is C14H16Cl2FNO. The van der Waals surface area contributed by atoms with E-state index in [1.54, 1.807) is 0 Å². The molecule has 0 aliphatic heterocycles. The summed E-state index contributed by atoms with van der Waals surface area (Å²) in [6.07, 6.45) is 4.02. The van der Waals surface area contributed by atoms with Crippen LogP contribution in [0.2, 0.25) is 5.02 Å². The molecule has 19 heavy (non-hydrogen) atoms. The van der Waals surface area contributed by atoms with E-state index in [4.69, 9.17) is 23.2 Å². The van der Waals surface area contributed by atoms with Crippen LogP contribution in [0, 0.1) is 11.7 Å². The van der Waals surface area contributed by atoms with Gasteiger partial charge in [-0.2, -0.15) is 0 Å². The van der Waals surface area contributed by atoms with Gasteiger partial charge in [-0.05, 0) is 43.7 Å². The summed E-state index contributed by atoms with van der Waals surface area (Å²) < 4.78 is 13.3. The number of carbonyl (C=O) groups excluding carboxylic acids is 1. The van der Waals surface area contributed by atoms with Gasteiger partial charge in [0.2, 0.25) is 0 Å². The molecule has 1 fully saturated rings. The zero-order valence-corrected chi connectivity index (χ0v) is 12.0. The molecule has 0 spiro atoms. The zero-order valence-electron chi connectivity index (χ0n) is 10.5. The van der Waals surface area contributed by atoms with Crippen LogP contribution in [-0.4, -0.2) is 17.8 Å². The van der Waals surface area contributed by atoms with Crippen LogP contribution in [0.15, 0.2) is 18.2 Å². The molecule has 1 aliphatic rings. The normalized spacial score (nSPS) is 23.1. The van der Waals surface area contributed by atoms with Gasteiger partial charge in [0.25, 0.3) is 5.91 Å². The first-order valence-electron chi connectivity index (χ1n) is 6.44. The number of hydrogen-bond acceptors (Lipinski definition) is 1. The van der Waals surface area contributed by atoms with E-state index < -0.39 is 5.82 Å². The summed E-state index contributed by atoms with van der Waals surface area (Å²) in [6.45, 7) is 0.593.